The zero-order valence-electron chi connectivity index (χ0n) is 11.0. The lowest BCUT2D eigenvalue weighted by molar-refractivity contribution is -0.150. The van der Waals surface area contributed by atoms with Gasteiger partial charge in [0.25, 0.3) is 0 Å². The van der Waals surface area contributed by atoms with E-state index in [1.807, 2.05) is 0 Å². The molecule has 1 unspecified atom stereocenters. The van der Waals surface area contributed by atoms with Crippen LogP contribution in [0.25, 0.3) is 0 Å². The van der Waals surface area contributed by atoms with E-state index in [4.69, 9.17) is 21.1 Å². The van der Waals surface area contributed by atoms with E-state index in [1.54, 1.807) is 11.0 Å². The molecule has 2 rings (SSSR count). The molecule has 2 N–H and O–H groups in total. The van der Waals surface area contributed by atoms with Crippen molar-refractivity contribution in [2.24, 2.45) is 0 Å². The molecule has 7 heteroatoms. The molecule has 0 spiro atoms. The number of phenols is 1. The van der Waals surface area contributed by atoms with Gasteiger partial charge in [-0.15, -0.1) is 0 Å². The third-order valence-electron chi connectivity index (χ3n) is 3.24. The summed E-state index contributed by atoms with van der Waals surface area (Å²) >= 11 is 5.97. The Labute approximate surface area is 121 Å². The van der Waals surface area contributed by atoms with Crippen molar-refractivity contribution in [1.29, 1.82) is 0 Å². The highest BCUT2D eigenvalue weighted by Crippen LogP contribution is 2.34. The molecule has 6 nitrogen and oxygen atoms in total. The molecule has 0 radical (unpaired) electrons. The van der Waals surface area contributed by atoms with Crippen molar-refractivity contribution in [1.82, 2.24) is 4.90 Å². The summed E-state index contributed by atoms with van der Waals surface area (Å²) in [5.41, 5.74) is 0.530. The highest BCUT2D eigenvalue weighted by Gasteiger charge is 2.30. The van der Waals surface area contributed by atoms with Crippen LogP contribution in [0, 0.1) is 0 Å². The average molecular weight is 302 g/mol. The topological polar surface area (TPSA) is 79.2 Å². The molecular formula is C13H16ClNO5. The van der Waals surface area contributed by atoms with Crippen LogP contribution in [-0.4, -0.2) is 54.0 Å². The van der Waals surface area contributed by atoms with Gasteiger partial charge in [-0.05, 0) is 6.07 Å². The van der Waals surface area contributed by atoms with E-state index in [2.05, 4.69) is 0 Å². The largest absolute Gasteiger partial charge is 0.504 e. The minimum Gasteiger partial charge on any atom is -0.504 e. The zero-order chi connectivity index (χ0) is 14.7. The summed E-state index contributed by atoms with van der Waals surface area (Å²) in [6.45, 7) is 1.34. The standard InChI is InChI=1S/C13H16ClNO5/c1-19-11-5-9(14)4-8(12(11)16)6-15-2-3-20-7-10(15)13(17)18/h4-5,10,16H,2-3,6-7H2,1H3,(H,17,18). The molecule has 1 heterocycles. The highest BCUT2D eigenvalue weighted by atomic mass is 35.5. The fourth-order valence-electron chi connectivity index (χ4n) is 2.18. The number of carboxylic acid groups (broad SMARTS) is 1. The molecule has 1 aliphatic rings. The Morgan fingerprint density at radius 3 is 3.00 bits per heavy atom. The number of hydrogen-bond acceptors (Lipinski definition) is 5. The lowest BCUT2D eigenvalue weighted by Gasteiger charge is -2.33. The number of carbonyl (C=O) groups is 1. The molecule has 1 fully saturated rings. The average Bonchev–Trinajstić information content (AvgIpc) is 2.42. The first kappa shape index (κ1) is 14.9. The smallest absolute Gasteiger partial charge is 0.323 e. The van der Waals surface area contributed by atoms with Gasteiger partial charge in [-0.3, -0.25) is 9.69 Å². The minimum atomic E-state index is -0.946. The van der Waals surface area contributed by atoms with Gasteiger partial charge in [-0.2, -0.15) is 0 Å². The third kappa shape index (κ3) is 3.15. The number of halogens is 1. The second-order valence-electron chi connectivity index (χ2n) is 4.52. The Morgan fingerprint density at radius 2 is 2.35 bits per heavy atom. The summed E-state index contributed by atoms with van der Waals surface area (Å²) in [6.07, 6.45) is 0. The maximum absolute atomic E-state index is 11.2. The maximum atomic E-state index is 11.2. The molecule has 1 aliphatic heterocycles. The zero-order valence-corrected chi connectivity index (χ0v) is 11.8. The monoisotopic (exact) mass is 301 g/mol. The highest BCUT2D eigenvalue weighted by molar-refractivity contribution is 6.30. The van der Waals surface area contributed by atoms with Crippen LogP contribution in [-0.2, 0) is 16.1 Å². The first-order chi connectivity index (χ1) is 9.52. The fraction of sp³-hybridized carbons (Fsp3) is 0.462. The lowest BCUT2D eigenvalue weighted by Crippen LogP contribution is -2.49. The maximum Gasteiger partial charge on any atom is 0.323 e. The lowest BCUT2D eigenvalue weighted by atomic mass is 10.1. The van der Waals surface area contributed by atoms with Crippen LogP contribution in [0.4, 0.5) is 0 Å². The first-order valence-corrected chi connectivity index (χ1v) is 6.50. The van der Waals surface area contributed by atoms with Gasteiger partial charge in [-0.1, -0.05) is 11.6 Å². The Balaban J connectivity index is 2.24. The van der Waals surface area contributed by atoms with E-state index in [0.717, 1.165) is 0 Å². The third-order valence-corrected chi connectivity index (χ3v) is 3.45. The van der Waals surface area contributed by atoms with E-state index >= 15 is 0 Å². The van der Waals surface area contributed by atoms with Gasteiger partial charge in [0, 0.05) is 29.7 Å². The molecule has 1 atom stereocenters. The van der Waals surface area contributed by atoms with Gasteiger partial charge in [0.1, 0.15) is 6.04 Å². The Kier molecular flexibility index (Phi) is 4.69. The van der Waals surface area contributed by atoms with E-state index in [1.165, 1.54) is 13.2 Å². The number of benzene rings is 1. The van der Waals surface area contributed by atoms with Crippen molar-refractivity contribution in [2.45, 2.75) is 12.6 Å². The van der Waals surface area contributed by atoms with E-state index in [-0.39, 0.29) is 24.7 Å². The molecule has 0 bridgehead atoms. The quantitative estimate of drug-likeness (QED) is 0.874. The van der Waals surface area contributed by atoms with Crippen molar-refractivity contribution in [3.8, 4) is 11.5 Å². The van der Waals surface area contributed by atoms with Crippen LogP contribution in [0.1, 0.15) is 5.56 Å². The molecule has 20 heavy (non-hydrogen) atoms. The molecule has 110 valence electrons. The molecule has 0 saturated carbocycles. The van der Waals surface area contributed by atoms with E-state index < -0.39 is 12.0 Å². The Hall–Kier alpha value is -1.50. The second kappa shape index (κ2) is 6.30. The second-order valence-corrected chi connectivity index (χ2v) is 4.95. The first-order valence-electron chi connectivity index (χ1n) is 6.13. The van der Waals surface area contributed by atoms with E-state index in [9.17, 15) is 15.0 Å². The number of methoxy groups -OCH3 is 1. The van der Waals surface area contributed by atoms with Crippen molar-refractivity contribution in [3.05, 3.63) is 22.7 Å². The van der Waals surface area contributed by atoms with Crippen LogP contribution >= 0.6 is 11.6 Å². The number of hydrogen-bond donors (Lipinski definition) is 2. The van der Waals surface area contributed by atoms with Crippen molar-refractivity contribution >= 4 is 17.6 Å². The normalized spacial score (nSPS) is 19.8. The number of carboxylic acids is 1. The van der Waals surface area contributed by atoms with Crippen LogP contribution in [0.5, 0.6) is 11.5 Å². The SMILES string of the molecule is COc1cc(Cl)cc(CN2CCOCC2C(=O)O)c1O. The predicted molar refractivity (Wildman–Crippen MR) is 72.3 cm³/mol. The molecule has 0 aliphatic carbocycles. The van der Waals surface area contributed by atoms with Crippen molar-refractivity contribution < 1.29 is 24.5 Å². The summed E-state index contributed by atoms with van der Waals surface area (Å²) in [5.74, 6) is -0.696. The number of ether oxygens (including phenoxy) is 2. The summed E-state index contributed by atoms with van der Waals surface area (Å²) in [7, 11) is 1.43. The van der Waals surface area contributed by atoms with Crippen LogP contribution < -0.4 is 4.74 Å². The summed E-state index contributed by atoms with van der Waals surface area (Å²) in [6, 6.07) is 2.38. The molecule has 1 aromatic carbocycles. The minimum absolute atomic E-state index is 0.0208. The van der Waals surface area contributed by atoms with Crippen LogP contribution in [0.15, 0.2) is 12.1 Å². The number of aromatic hydroxyl groups is 1. The van der Waals surface area contributed by atoms with Gasteiger partial charge < -0.3 is 19.7 Å². The summed E-state index contributed by atoms with van der Waals surface area (Å²) in [5, 5.41) is 19.7. The van der Waals surface area contributed by atoms with Gasteiger partial charge in [-0.25, -0.2) is 0 Å². The molecule has 0 amide bonds. The van der Waals surface area contributed by atoms with Crippen molar-refractivity contribution in [2.75, 3.05) is 26.9 Å². The van der Waals surface area contributed by atoms with Gasteiger partial charge >= 0.3 is 5.97 Å². The van der Waals surface area contributed by atoms with Gasteiger partial charge in [0.05, 0.1) is 20.3 Å². The van der Waals surface area contributed by atoms with Gasteiger partial charge in [0.2, 0.25) is 0 Å². The van der Waals surface area contributed by atoms with Crippen LogP contribution in [0.2, 0.25) is 5.02 Å². The number of morpholine rings is 1. The molecular weight excluding hydrogens is 286 g/mol. The Bertz CT molecular complexity index is 508. The fourth-order valence-corrected chi connectivity index (χ4v) is 2.41. The molecule has 0 aromatic heterocycles. The van der Waals surface area contributed by atoms with E-state index in [0.29, 0.717) is 23.7 Å². The van der Waals surface area contributed by atoms with Crippen LogP contribution in [0.3, 0.4) is 0 Å². The predicted octanol–water partition coefficient (Wildman–Crippen LogP) is 1.34. The number of phenolic OH excluding ortho intramolecular Hbond substituents is 1. The molecule has 1 aromatic rings. The number of nitrogens with zero attached hydrogens (tertiary/aromatic N) is 1. The van der Waals surface area contributed by atoms with Gasteiger partial charge in [0.15, 0.2) is 11.5 Å². The summed E-state index contributed by atoms with van der Waals surface area (Å²) in [4.78, 5) is 12.9. The molecule has 1 saturated heterocycles. The summed E-state index contributed by atoms with van der Waals surface area (Å²) < 4.78 is 10.2. The number of rotatable bonds is 4. The number of aliphatic carboxylic acids is 1. The Morgan fingerprint density at radius 1 is 1.60 bits per heavy atom. The van der Waals surface area contributed by atoms with Crippen molar-refractivity contribution in [3.63, 3.8) is 0 Å².